The Bertz CT molecular complexity index is 994. The van der Waals surface area contributed by atoms with Gasteiger partial charge in [0, 0.05) is 23.6 Å². The zero-order valence-electron chi connectivity index (χ0n) is 18.0. The minimum Gasteiger partial charge on any atom is -0.445 e. The van der Waals surface area contributed by atoms with Gasteiger partial charge in [-0.3, -0.25) is 9.89 Å². The highest BCUT2D eigenvalue weighted by Crippen LogP contribution is 2.22. The van der Waals surface area contributed by atoms with Crippen LogP contribution in [0.5, 0.6) is 0 Å². The van der Waals surface area contributed by atoms with Crippen LogP contribution in [0.4, 0.5) is 10.6 Å². The summed E-state index contributed by atoms with van der Waals surface area (Å²) in [6.07, 6.45) is -0.332. The second-order valence-electron chi connectivity index (χ2n) is 8.35. The quantitative estimate of drug-likeness (QED) is 0.534. The smallest absolute Gasteiger partial charge is 0.408 e. The van der Waals surface area contributed by atoms with E-state index < -0.39 is 12.1 Å². The summed E-state index contributed by atoms with van der Waals surface area (Å²) in [4.78, 5) is 25.3. The molecule has 2 aromatic carbocycles. The summed E-state index contributed by atoms with van der Waals surface area (Å²) in [6.45, 7) is 6.28. The van der Waals surface area contributed by atoms with Gasteiger partial charge in [-0.05, 0) is 11.1 Å². The van der Waals surface area contributed by atoms with Gasteiger partial charge in [0.05, 0.1) is 0 Å². The molecule has 0 bridgehead atoms. The molecule has 0 aliphatic heterocycles. The van der Waals surface area contributed by atoms with Gasteiger partial charge in [0.15, 0.2) is 5.82 Å². The lowest BCUT2D eigenvalue weighted by Crippen LogP contribution is -2.45. The summed E-state index contributed by atoms with van der Waals surface area (Å²) in [5.41, 5.74) is 2.56. The standard InChI is InChI=1S/C24H28N4O3/c1-24(2,3)20-15-21(28-27-20)26-22(29)19(14-17-10-6-4-7-11-17)25-23(30)31-16-18-12-8-5-9-13-18/h4-13,15,19H,14,16H2,1-3H3,(H,25,30)(H2,26,27,28,29). The van der Waals surface area contributed by atoms with E-state index in [-0.39, 0.29) is 17.9 Å². The average molecular weight is 421 g/mol. The molecular formula is C24H28N4O3. The molecule has 7 heteroatoms. The Labute approximate surface area is 182 Å². The molecule has 0 saturated carbocycles. The number of nitrogens with one attached hydrogen (secondary N) is 3. The summed E-state index contributed by atoms with van der Waals surface area (Å²) in [7, 11) is 0. The van der Waals surface area contributed by atoms with Crippen LogP contribution in [0.25, 0.3) is 0 Å². The van der Waals surface area contributed by atoms with Crippen LogP contribution in [0, 0.1) is 0 Å². The summed E-state index contributed by atoms with van der Waals surface area (Å²) in [6, 6.07) is 19.8. The van der Waals surface area contributed by atoms with E-state index in [4.69, 9.17) is 4.74 Å². The lowest BCUT2D eigenvalue weighted by molar-refractivity contribution is -0.118. The molecule has 3 aromatic rings. The second-order valence-corrected chi connectivity index (χ2v) is 8.35. The Balaban J connectivity index is 1.67. The molecule has 0 aliphatic carbocycles. The van der Waals surface area contributed by atoms with Gasteiger partial charge in [-0.2, -0.15) is 5.10 Å². The Kier molecular flexibility index (Phi) is 7.07. The third kappa shape index (κ3) is 6.70. The predicted octanol–water partition coefficient (Wildman–Crippen LogP) is 4.18. The molecule has 1 aromatic heterocycles. The average Bonchev–Trinajstić information content (AvgIpc) is 3.22. The van der Waals surface area contributed by atoms with Gasteiger partial charge < -0.3 is 15.4 Å². The van der Waals surface area contributed by atoms with Gasteiger partial charge >= 0.3 is 6.09 Å². The molecule has 2 amide bonds. The number of nitrogens with zero attached hydrogens (tertiary/aromatic N) is 1. The first-order valence-corrected chi connectivity index (χ1v) is 10.2. The van der Waals surface area contributed by atoms with Crippen LogP contribution in [-0.4, -0.2) is 28.2 Å². The third-order valence-corrected chi connectivity index (χ3v) is 4.74. The Hall–Kier alpha value is -3.61. The van der Waals surface area contributed by atoms with Crippen molar-refractivity contribution in [2.75, 3.05) is 5.32 Å². The van der Waals surface area contributed by atoms with E-state index in [1.807, 2.05) is 60.7 Å². The number of aromatic nitrogens is 2. The number of aromatic amines is 1. The zero-order valence-corrected chi connectivity index (χ0v) is 18.0. The molecule has 162 valence electrons. The summed E-state index contributed by atoms with van der Waals surface area (Å²) in [5, 5.41) is 12.6. The van der Waals surface area contributed by atoms with Gasteiger partial charge in [0.1, 0.15) is 12.6 Å². The number of amides is 2. The predicted molar refractivity (Wildman–Crippen MR) is 120 cm³/mol. The van der Waals surface area contributed by atoms with E-state index in [1.54, 1.807) is 6.07 Å². The molecule has 1 unspecified atom stereocenters. The minimum absolute atomic E-state index is 0.126. The van der Waals surface area contributed by atoms with Gasteiger partial charge in [-0.1, -0.05) is 81.4 Å². The largest absolute Gasteiger partial charge is 0.445 e. The number of anilines is 1. The fourth-order valence-electron chi connectivity index (χ4n) is 2.95. The van der Waals surface area contributed by atoms with Gasteiger partial charge in [-0.15, -0.1) is 0 Å². The maximum atomic E-state index is 13.0. The summed E-state index contributed by atoms with van der Waals surface area (Å²) < 4.78 is 5.29. The molecular weight excluding hydrogens is 392 g/mol. The molecule has 1 heterocycles. The molecule has 0 saturated heterocycles. The topological polar surface area (TPSA) is 96.1 Å². The Morgan fingerprint density at radius 2 is 1.61 bits per heavy atom. The third-order valence-electron chi connectivity index (χ3n) is 4.74. The van der Waals surface area contributed by atoms with Crippen molar-refractivity contribution in [1.82, 2.24) is 15.5 Å². The lowest BCUT2D eigenvalue weighted by Gasteiger charge is -2.18. The van der Waals surface area contributed by atoms with Crippen molar-refractivity contribution >= 4 is 17.8 Å². The number of alkyl carbamates (subject to hydrolysis) is 1. The number of carbonyl (C=O) groups is 2. The molecule has 3 rings (SSSR count). The molecule has 3 N–H and O–H groups in total. The maximum absolute atomic E-state index is 13.0. The van der Waals surface area contributed by atoms with Crippen molar-refractivity contribution in [2.24, 2.45) is 0 Å². The van der Waals surface area contributed by atoms with Crippen LogP contribution in [0.3, 0.4) is 0 Å². The fraction of sp³-hybridized carbons (Fsp3) is 0.292. The van der Waals surface area contributed by atoms with E-state index in [9.17, 15) is 9.59 Å². The van der Waals surface area contributed by atoms with Crippen LogP contribution < -0.4 is 10.6 Å². The van der Waals surface area contributed by atoms with Crippen molar-refractivity contribution in [3.05, 3.63) is 83.6 Å². The monoisotopic (exact) mass is 420 g/mol. The van der Waals surface area contributed by atoms with Crippen LogP contribution in [0.2, 0.25) is 0 Å². The van der Waals surface area contributed by atoms with Crippen LogP contribution in [-0.2, 0) is 28.0 Å². The van der Waals surface area contributed by atoms with Crippen LogP contribution in [0.1, 0.15) is 37.6 Å². The van der Waals surface area contributed by atoms with Crippen molar-refractivity contribution in [2.45, 2.75) is 45.3 Å². The first-order chi connectivity index (χ1) is 14.8. The number of carbonyl (C=O) groups excluding carboxylic acids is 2. The number of ether oxygens (including phenoxy) is 1. The highest BCUT2D eigenvalue weighted by molar-refractivity contribution is 5.96. The number of hydrogen-bond donors (Lipinski definition) is 3. The van der Waals surface area contributed by atoms with Crippen LogP contribution in [0.15, 0.2) is 66.7 Å². The highest BCUT2D eigenvalue weighted by atomic mass is 16.5. The van der Waals surface area contributed by atoms with E-state index in [2.05, 4.69) is 41.6 Å². The van der Waals surface area contributed by atoms with Crippen LogP contribution >= 0.6 is 0 Å². The SMILES string of the molecule is CC(C)(C)c1cc(NC(=O)C(Cc2ccccc2)NC(=O)OCc2ccccc2)n[nH]1. The minimum atomic E-state index is -0.819. The van der Waals surface area contributed by atoms with Gasteiger partial charge in [0.25, 0.3) is 0 Å². The van der Waals surface area contributed by atoms with Crippen molar-refractivity contribution in [3.63, 3.8) is 0 Å². The van der Waals surface area contributed by atoms with Crippen molar-refractivity contribution < 1.29 is 14.3 Å². The zero-order chi connectivity index (χ0) is 22.3. The molecule has 1 atom stereocenters. The summed E-state index contributed by atoms with van der Waals surface area (Å²) >= 11 is 0. The molecule has 0 fully saturated rings. The van der Waals surface area contributed by atoms with Gasteiger partial charge in [-0.25, -0.2) is 4.79 Å². The molecule has 7 nitrogen and oxygen atoms in total. The maximum Gasteiger partial charge on any atom is 0.408 e. The number of H-pyrrole nitrogens is 1. The second kappa shape index (κ2) is 9.93. The highest BCUT2D eigenvalue weighted by Gasteiger charge is 2.24. The van der Waals surface area contributed by atoms with E-state index >= 15 is 0 Å². The lowest BCUT2D eigenvalue weighted by atomic mass is 9.92. The van der Waals surface area contributed by atoms with E-state index in [1.165, 1.54) is 0 Å². The number of benzene rings is 2. The van der Waals surface area contributed by atoms with Gasteiger partial charge in [0.2, 0.25) is 5.91 Å². The normalized spacial score (nSPS) is 12.1. The van der Waals surface area contributed by atoms with E-state index in [0.717, 1.165) is 16.8 Å². The van der Waals surface area contributed by atoms with Crippen molar-refractivity contribution in [3.8, 4) is 0 Å². The Morgan fingerprint density at radius 1 is 1.00 bits per heavy atom. The summed E-state index contributed by atoms with van der Waals surface area (Å²) in [5.74, 6) is 0.0416. The number of rotatable bonds is 7. The molecule has 0 aliphatic rings. The van der Waals surface area contributed by atoms with Crippen molar-refractivity contribution in [1.29, 1.82) is 0 Å². The Morgan fingerprint density at radius 3 is 2.19 bits per heavy atom. The number of hydrogen-bond acceptors (Lipinski definition) is 4. The molecule has 31 heavy (non-hydrogen) atoms. The first-order valence-electron chi connectivity index (χ1n) is 10.2. The molecule has 0 radical (unpaired) electrons. The molecule has 0 spiro atoms. The van der Waals surface area contributed by atoms with E-state index in [0.29, 0.717) is 12.2 Å². The first kappa shape index (κ1) is 22.1. The fourth-order valence-corrected chi connectivity index (χ4v) is 2.95.